The maximum absolute atomic E-state index is 12.4. The molecule has 0 aromatic carbocycles. The van der Waals surface area contributed by atoms with Gasteiger partial charge in [0.1, 0.15) is 11.5 Å². The Morgan fingerprint density at radius 2 is 2.30 bits per heavy atom. The molecule has 1 aromatic heterocycles. The van der Waals surface area contributed by atoms with Crippen LogP contribution in [0.5, 0.6) is 0 Å². The van der Waals surface area contributed by atoms with Crippen LogP contribution < -0.4 is 0 Å². The van der Waals surface area contributed by atoms with Gasteiger partial charge in [-0.25, -0.2) is 0 Å². The average Bonchev–Trinajstić information content (AvgIpc) is 2.85. The van der Waals surface area contributed by atoms with E-state index in [1.807, 2.05) is 49.6 Å². The van der Waals surface area contributed by atoms with Gasteiger partial charge in [0.25, 0.3) is 0 Å². The SMILES string of the molecule is Cc1ccc(C2CSCCN2C(=O)CC(O)C(C)C)o1. The number of carbonyl (C=O) groups is 1. The predicted molar refractivity (Wildman–Crippen MR) is 80.7 cm³/mol. The van der Waals surface area contributed by atoms with E-state index in [1.54, 1.807) is 0 Å². The first-order chi connectivity index (χ1) is 9.49. The molecule has 1 aliphatic rings. The molecule has 4 nitrogen and oxygen atoms in total. The second kappa shape index (κ2) is 6.68. The molecule has 112 valence electrons. The third-order valence-electron chi connectivity index (χ3n) is 3.69. The first kappa shape index (κ1) is 15.4. The van der Waals surface area contributed by atoms with Gasteiger partial charge < -0.3 is 14.4 Å². The maximum Gasteiger partial charge on any atom is 0.225 e. The molecule has 2 atom stereocenters. The smallest absolute Gasteiger partial charge is 0.225 e. The van der Waals surface area contributed by atoms with Crippen molar-refractivity contribution in [3.63, 3.8) is 0 Å². The summed E-state index contributed by atoms with van der Waals surface area (Å²) in [6.07, 6.45) is -0.380. The Hall–Kier alpha value is -0.940. The molecule has 2 heterocycles. The van der Waals surface area contributed by atoms with Crippen LogP contribution in [0.25, 0.3) is 0 Å². The van der Waals surface area contributed by atoms with Gasteiger partial charge in [0.2, 0.25) is 5.91 Å². The van der Waals surface area contributed by atoms with Gasteiger partial charge in [0, 0.05) is 18.1 Å². The fourth-order valence-corrected chi connectivity index (χ4v) is 3.36. The van der Waals surface area contributed by atoms with E-state index >= 15 is 0 Å². The summed E-state index contributed by atoms with van der Waals surface area (Å²) in [6.45, 7) is 6.49. The molecule has 5 heteroatoms. The van der Waals surface area contributed by atoms with Crippen LogP contribution in [0.2, 0.25) is 0 Å². The van der Waals surface area contributed by atoms with Crippen molar-refractivity contribution in [2.24, 2.45) is 5.92 Å². The van der Waals surface area contributed by atoms with Crippen molar-refractivity contribution in [3.05, 3.63) is 23.7 Å². The lowest BCUT2D eigenvalue weighted by molar-refractivity contribution is -0.136. The summed E-state index contributed by atoms with van der Waals surface area (Å²) >= 11 is 1.84. The largest absolute Gasteiger partial charge is 0.464 e. The number of furan rings is 1. The van der Waals surface area contributed by atoms with Crippen molar-refractivity contribution in [1.82, 2.24) is 4.90 Å². The molecule has 1 aromatic rings. The molecule has 0 aliphatic carbocycles. The zero-order valence-electron chi connectivity index (χ0n) is 12.3. The Morgan fingerprint density at radius 1 is 1.55 bits per heavy atom. The molecule has 2 rings (SSSR count). The normalized spacial score (nSPS) is 21.2. The fraction of sp³-hybridized carbons (Fsp3) is 0.667. The Balaban J connectivity index is 2.08. The van der Waals surface area contributed by atoms with Gasteiger partial charge in [-0.05, 0) is 25.0 Å². The minimum atomic E-state index is -0.573. The Bertz CT molecular complexity index is 458. The summed E-state index contributed by atoms with van der Waals surface area (Å²) in [6, 6.07) is 3.87. The summed E-state index contributed by atoms with van der Waals surface area (Å²) in [5.41, 5.74) is 0. The highest BCUT2D eigenvalue weighted by atomic mass is 32.2. The zero-order chi connectivity index (χ0) is 14.7. The van der Waals surface area contributed by atoms with E-state index in [0.717, 1.165) is 29.6 Å². The van der Waals surface area contributed by atoms with Gasteiger partial charge in [-0.2, -0.15) is 11.8 Å². The van der Waals surface area contributed by atoms with Crippen LogP contribution in [0, 0.1) is 12.8 Å². The molecule has 0 radical (unpaired) electrons. The standard InChI is InChI=1S/C15H23NO3S/c1-10(2)13(17)8-15(18)16-6-7-20-9-12(16)14-5-4-11(3)19-14/h4-5,10,12-13,17H,6-9H2,1-3H3. The number of carbonyl (C=O) groups excluding carboxylic acids is 1. The summed E-state index contributed by atoms with van der Waals surface area (Å²) in [7, 11) is 0. The summed E-state index contributed by atoms with van der Waals surface area (Å²) < 4.78 is 5.69. The Morgan fingerprint density at radius 3 is 2.90 bits per heavy atom. The van der Waals surface area contributed by atoms with E-state index in [0.29, 0.717) is 0 Å². The van der Waals surface area contributed by atoms with E-state index < -0.39 is 6.10 Å². The van der Waals surface area contributed by atoms with Crippen LogP contribution in [0.15, 0.2) is 16.5 Å². The molecule has 1 saturated heterocycles. The van der Waals surface area contributed by atoms with Gasteiger partial charge in [-0.15, -0.1) is 0 Å². The highest BCUT2D eigenvalue weighted by Crippen LogP contribution is 2.31. The fourth-order valence-electron chi connectivity index (χ4n) is 2.30. The molecular formula is C15H23NO3S. The molecule has 20 heavy (non-hydrogen) atoms. The van der Waals surface area contributed by atoms with Gasteiger partial charge in [-0.1, -0.05) is 13.8 Å². The minimum Gasteiger partial charge on any atom is -0.464 e. The number of thioether (sulfide) groups is 1. The molecular weight excluding hydrogens is 274 g/mol. The number of aliphatic hydroxyl groups excluding tert-OH is 1. The minimum absolute atomic E-state index is 0.00527. The number of aliphatic hydroxyl groups is 1. The number of hydrogen-bond donors (Lipinski definition) is 1. The molecule has 1 amide bonds. The molecule has 0 bridgehead atoms. The lowest BCUT2D eigenvalue weighted by atomic mass is 10.0. The van der Waals surface area contributed by atoms with Crippen molar-refractivity contribution >= 4 is 17.7 Å². The van der Waals surface area contributed by atoms with Gasteiger partial charge in [0.15, 0.2) is 0 Å². The monoisotopic (exact) mass is 297 g/mol. The van der Waals surface area contributed by atoms with Crippen LogP contribution in [-0.4, -0.2) is 40.1 Å². The number of aryl methyl sites for hydroxylation is 1. The predicted octanol–water partition coefficient (Wildman–Crippen LogP) is 2.61. The third-order valence-corrected chi connectivity index (χ3v) is 4.71. The highest BCUT2D eigenvalue weighted by molar-refractivity contribution is 7.99. The zero-order valence-corrected chi connectivity index (χ0v) is 13.2. The van der Waals surface area contributed by atoms with Crippen molar-refractivity contribution in [2.45, 2.75) is 39.3 Å². The highest BCUT2D eigenvalue weighted by Gasteiger charge is 2.31. The number of nitrogens with zero attached hydrogens (tertiary/aromatic N) is 1. The Kier molecular flexibility index (Phi) is 5.16. The number of rotatable bonds is 4. The lowest BCUT2D eigenvalue weighted by Gasteiger charge is -2.35. The number of hydrogen-bond acceptors (Lipinski definition) is 4. The van der Waals surface area contributed by atoms with Gasteiger partial charge in [0.05, 0.1) is 18.6 Å². The molecule has 0 saturated carbocycles. The molecule has 1 fully saturated rings. The van der Waals surface area contributed by atoms with Gasteiger partial charge >= 0.3 is 0 Å². The quantitative estimate of drug-likeness (QED) is 0.928. The van der Waals surface area contributed by atoms with E-state index in [2.05, 4.69) is 0 Å². The third kappa shape index (κ3) is 3.58. The van der Waals surface area contributed by atoms with E-state index in [-0.39, 0.29) is 24.3 Å². The van der Waals surface area contributed by atoms with E-state index in [4.69, 9.17) is 4.42 Å². The summed E-state index contributed by atoms with van der Waals surface area (Å²) in [4.78, 5) is 14.3. The summed E-state index contributed by atoms with van der Waals surface area (Å²) in [5, 5.41) is 9.91. The first-order valence-electron chi connectivity index (χ1n) is 7.10. The molecule has 0 spiro atoms. The van der Waals surface area contributed by atoms with Crippen LogP contribution >= 0.6 is 11.8 Å². The first-order valence-corrected chi connectivity index (χ1v) is 8.26. The molecule has 1 aliphatic heterocycles. The van der Waals surface area contributed by atoms with Crippen LogP contribution in [0.1, 0.15) is 37.8 Å². The number of amides is 1. The topological polar surface area (TPSA) is 53.7 Å². The second-order valence-corrected chi connectivity index (χ2v) is 6.79. The molecule has 2 unspecified atom stereocenters. The van der Waals surface area contributed by atoms with Crippen molar-refractivity contribution < 1.29 is 14.3 Å². The van der Waals surface area contributed by atoms with E-state index in [9.17, 15) is 9.90 Å². The average molecular weight is 297 g/mol. The maximum atomic E-state index is 12.4. The van der Waals surface area contributed by atoms with Crippen molar-refractivity contribution in [1.29, 1.82) is 0 Å². The van der Waals surface area contributed by atoms with E-state index in [1.165, 1.54) is 0 Å². The van der Waals surface area contributed by atoms with Crippen LogP contribution in [-0.2, 0) is 4.79 Å². The van der Waals surface area contributed by atoms with Crippen LogP contribution in [0.3, 0.4) is 0 Å². The molecule has 1 N–H and O–H groups in total. The van der Waals surface area contributed by atoms with Crippen molar-refractivity contribution in [2.75, 3.05) is 18.1 Å². The van der Waals surface area contributed by atoms with Gasteiger partial charge in [-0.3, -0.25) is 4.79 Å². The summed E-state index contributed by atoms with van der Waals surface area (Å²) in [5.74, 6) is 3.64. The second-order valence-electron chi connectivity index (χ2n) is 5.64. The lowest BCUT2D eigenvalue weighted by Crippen LogP contribution is -2.42. The Labute approximate surface area is 124 Å². The van der Waals surface area contributed by atoms with Crippen LogP contribution in [0.4, 0.5) is 0 Å². The van der Waals surface area contributed by atoms with Crippen molar-refractivity contribution in [3.8, 4) is 0 Å².